The van der Waals surface area contributed by atoms with Crippen molar-refractivity contribution in [2.24, 2.45) is 28.7 Å². The molecule has 0 saturated heterocycles. The van der Waals surface area contributed by atoms with Crippen LogP contribution in [0.1, 0.15) is 159 Å². The highest BCUT2D eigenvalue weighted by molar-refractivity contribution is 6.00. The fourth-order valence-corrected chi connectivity index (χ4v) is 15.5. The second kappa shape index (κ2) is 16.1. The zero-order chi connectivity index (χ0) is 44.1. The minimum atomic E-state index is -0.0647. The zero-order valence-electron chi connectivity index (χ0n) is 39.2. The number of amidine groups is 1. The van der Waals surface area contributed by atoms with E-state index in [1.54, 1.807) is 39.0 Å². The number of nitrogens with one attached hydrogen (secondary N) is 2. The zero-order valence-corrected chi connectivity index (χ0v) is 39.2. The van der Waals surface area contributed by atoms with Crippen LogP contribution in [0, 0.1) is 23.7 Å². The fraction of sp³-hybridized carbons (Fsp3) is 0.391. The summed E-state index contributed by atoms with van der Waals surface area (Å²) < 4.78 is 0. The molecule has 1 aliphatic heterocycles. The van der Waals surface area contributed by atoms with Gasteiger partial charge in [-0.15, -0.1) is 0 Å². The Morgan fingerprint density at radius 3 is 2.09 bits per heavy atom. The van der Waals surface area contributed by atoms with E-state index in [0.717, 1.165) is 43.0 Å². The summed E-state index contributed by atoms with van der Waals surface area (Å²) in [5.74, 6) is 4.09. The van der Waals surface area contributed by atoms with Gasteiger partial charge in [0, 0.05) is 22.3 Å². The number of rotatable bonds is 6. The van der Waals surface area contributed by atoms with Gasteiger partial charge in [0.1, 0.15) is 18.2 Å². The first kappa shape index (κ1) is 40.5. The Morgan fingerprint density at radius 2 is 1.30 bits per heavy atom. The number of nitrogens with zero attached hydrogens (tertiary/aromatic N) is 1. The molecule has 3 fully saturated rings. The van der Waals surface area contributed by atoms with Gasteiger partial charge >= 0.3 is 0 Å². The predicted octanol–water partition coefficient (Wildman–Crippen LogP) is 14.9. The maximum atomic E-state index is 5.33. The highest BCUT2D eigenvalue weighted by Crippen LogP contribution is 2.66. The van der Waals surface area contributed by atoms with Gasteiger partial charge in [0.05, 0.1) is 0 Å². The molecule has 0 amide bonds. The summed E-state index contributed by atoms with van der Waals surface area (Å²) in [6.45, 7) is 0. The van der Waals surface area contributed by atoms with Gasteiger partial charge in [0.2, 0.25) is 0 Å². The van der Waals surface area contributed by atoms with Crippen LogP contribution in [-0.2, 0) is 10.8 Å². The Bertz CT molecular complexity index is 2880. The largest absolute Gasteiger partial charge is 0.350 e. The number of aliphatic imine (C=N–C) groups is 1. The number of fused-ring (bicyclic) bond motifs is 11. The Balaban J connectivity index is 0.754. The van der Waals surface area contributed by atoms with Crippen molar-refractivity contribution >= 4 is 22.6 Å². The molecule has 336 valence electrons. The lowest BCUT2D eigenvalue weighted by molar-refractivity contribution is 0.231. The average molecular weight is 876 g/mol. The molecule has 3 saturated carbocycles. The minimum absolute atomic E-state index is 0.0342. The van der Waals surface area contributed by atoms with Crippen molar-refractivity contribution < 1.29 is 0 Å². The molecule has 11 aliphatic rings. The van der Waals surface area contributed by atoms with E-state index in [9.17, 15) is 0 Å². The molecule has 10 aliphatic carbocycles. The summed E-state index contributed by atoms with van der Waals surface area (Å²) in [6.07, 6.45) is 54.0. The fourth-order valence-electron chi connectivity index (χ4n) is 15.5. The molecule has 0 bridgehead atoms. The third-order valence-corrected chi connectivity index (χ3v) is 18.9. The lowest BCUT2D eigenvalue weighted by Gasteiger charge is -2.42. The van der Waals surface area contributed by atoms with Crippen LogP contribution in [0.25, 0.3) is 16.7 Å². The molecule has 2 spiro atoms. The molecule has 1 heterocycles. The van der Waals surface area contributed by atoms with E-state index >= 15 is 0 Å². The number of allylic oxidation sites excluding steroid dienone is 19. The Kier molecular flexibility index (Phi) is 9.71. The van der Waals surface area contributed by atoms with E-state index in [2.05, 4.69) is 156 Å². The van der Waals surface area contributed by atoms with E-state index in [1.807, 2.05) is 0 Å². The van der Waals surface area contributed by atoms with Crippen LogP contribution in [0.3, 0.4) is 0 Å². The van der Waals surface area contributed by atoms with Crippen molar-refractivity contribution in [2.75, 3.05) is 0 Å². The molecule has 0 radical (unpaired) electrons. The van der Waals surface area contributed by atoms with Gasteiger partial charge in [0.15, 0.2) is 0 Å². The van der Waals surface area contributed by atoms with Crippen LogP contribution >= 0.6 is 0 Å². The first-order chi connectivity index (χ1) is 33.1. The molecule has 67 heavy (non-hydrogen) atoms. The van der Waals surface area contributed by atoms with Gasteiger partial charge < -0.3 is 5.32 Å². The molecule has 14 rings (SSSR count). The molecule has 7 unspecified atom stereocenters. The minimum Gasteiger partial charge on any atom is -0.350 e. The van der Waals surface area contributed by atoms with E-state index in [0.29, 0.717) is 29.1 Å². The Labute approximate surface area is 398 Å². The van der Waals surface area contributed by atoms with Crippen molar-refractivity contribution in [3.8, 4) is 0 Å². The second-order valence-corrected chi connectivity index (χ2v) is 22.2. The SMILES string of the molecule is C1=CCCC(C2N=C(c3ccc(C4=CC=C(C5=CC=CC6C5c5cc7c(cc5C65CCCCC5)C5=CC=CCC5C75CCCCC5)CC4)cc3)NC(c3ccc(C4=CC=CC5CC45)cc3)N2)=C1. The molecule has 3 nitrogen and oxygen atoms in total. The third kappa shape index (κ3) is 6.57. The number of hydrogen-bond acceptors (Lipinski definition) is 3. The predicted molar refractivity (Wildman–Crippen MR) is 277 cm³/mol. The molecular weight excluding hydrogens is 811 g/mol. The van der Waals surface area contributed by atoms with Crippen LogP contribution in [0.4, 0.5) is 0 Å². The highest BCUT2D eigenvalue weighted by atomic mass is 15.3. The van der Waals surface area contributed by atoms with E-state index in [-0.39, 0.29) is 17.7 Å². The van der Waals surface area contributed by atoms with E-state index in [4.69, 9.17) is 4.99 Å². The van der Waals surface area contributed by atoms with Gasteiger partial charge in [-0.05, 0) is 160 Å². The lowest BCUT2D eigenvalue weighted by Crippen LogP contribution is -2.49. The topological polar surface area (TPSA) is 36.4 Å². The molecule has 3 aromatic rings. The molecule has 3 aromatic carbocycles. The smallest absolute Gasteiger partial charge is 0.131 e. The van der Waals surface area contributed by atoms with Crippen LogP contribution < -0.4 is 10.6 Å². The molecular formula is C64H65N3. The summed E-state index contributed by atoms with van der Waals surface area (Å²) in [5.41, 5.74) is 21.6. The van der Waals surface area contributed by atoms with Crippen molar-refractivity contribution in [2.45, 2.75) is 132 Å². The van der Waals surface area contributed by atoms with Crippen molar-refractivity contribution in [1.29, 1.82) is 0 Å². The number of hydrogen-bond donors (Lipinski definition) is 2. The molecule has 0 aromatic heterocycles. The van der Waals surface area contributed by atoms with Crippen molar-refractivity contribution in [3.05, 3.63) is 207 Å². The summed E-state index contributed by atoms with van der Waals surface area (Å²) >= 11 is 0. The first-order valence-electron chi connectivity index (χ1n) is 26.5. The maximum absolute atomic E-state index is 5.33. The van der Waals surface area contributed by atoms with Gasteiger partial charge in [0.25, 0.3) is 0 Å². The average Bonchev–Trinajstić information content (AvgIpc) is 4.12. The van der Waals surface area contributed by atoms with Crippen LogP contribution in [0.15, 0.2) is 167 Å². The van der Waals surface area contributed by atoms with Gasteiger partial charge in [-0.2, -0.15) is 0 Å². The molecule has 7 atom stereocenters. The standard InChI is InChI=1S/C64H65N3/c1-4-14-45(15-5-1)60-65-61(67-62(66-60)47-32-28-43(29-33-47)49-18-12-16-48-38-52(48)49)46-30-24-42(25-31-46)41-22-26-44(27-23-41)50-19-13-21-56-59(50)54-40-57-53(39-58(54)64(56)36-10-3-11-37-64)51-17-6-7-20-55(51)63(57)34-8-2-9-35-63/h1,4,6-7,12-14,16-19,21-22,24-26,28-33,39-40,48,52,55-56,59-60,62,66H,2-3,5,8-11,15,20,23,27,34-38H2,(H,65,67). The summed E-state index contributed by atoms with van der Waals surface area (Å²) in [7, 11) is 0. The van der Waals surface area contributed by atoms with E-state index < -0.39 is 0 Å². The Morgan fingerprint density at radius 1 is 0.582 bits per heavy atom. The third-order valence-electron chi connectivity index (χ3n) is 18.9. The maximum Gasteiger partial charge on any atom is 0.131 e. The normalized spacial score (nSPS) is 31.2. The summed E-state index contributed by atoms with van der Waals surface area (Å²) in [5, 5.41) is 7.69. The van der Waals surface area contributed by atoms with Crippen molar-refractivity contribution in [1.82, 2.24) is 10.6 Å². The van der Waals surface area contributed by atoms with E-state index in [1.165, 1.54) is 110 Å². The molecule has 3 heteroatoms. The quantitative estimate of drug-likeness (QED) is 0.259. The van der Waals surface area contributed by atoms with Crippen LogP contribution in [0.2, 0.25) is 0 Å². The Hall–Kier alpha value is -5.51. The molecule has 2 N–H and O–H groups in total. The second-order valence-electron chi connectivity index (χ2n) is 22.2. The van der Waals surface area contributed by atoms with Gasteiger partial charge in [-0.1, -0.05) is 184 Å². The van der Waals surface area contributed by atoms with Crippen LogP contribution in [0.5, 0.6) is 0 Å². The summed E-state index contributed by atoms with van der Waals surface area (Å²) in [6, 6.07) is 24.2. The lowest BCUT2D eigenvalue weighted by atomic mass is 9.62. The van der Waals surface area contributed by atoms with Crippen molar-refractivity contribution in [3.63, 3.8) is 0 Å². The number of benzene rings is 3. The first-order valence-corrected chi connectivity index (χ1v) is 26.5. The van der Waals surface area contributed by atoms with Gasteiger partial charge in [-0.3, -0.25) is 5.32 Å². The summed E-state index contributed by atoms with van der Waals surface area (Å²) in [4.78, 5) is 5.33. The monoisotopic (exact) mass is 876 g/mol. The van der Waals surface area contributed by atoms with Crippen LogP contribution in [-0.4, -0.2) is 12.0 Å². The highest BCUT2D eigenvalue weighted by Gasteiger charge is 2.56. The van der Waals surface area contributed by atoms with Gasteiger partial charge in [-0.25, -0.2) is 4.99 Å².